The van der Waals surface area contributed by atoms with Crippen molar-refractivity contribution in [3.05, 3.63) is 70.5 Å². The average Bonchev–Trinajstić information content (AvgIpc) is 2.89. The third kappa shape index (κ3) is 3.57. The Hall–Kier alpha value is -1.52. The molecular weight excluding hydrogens is 346 g/mol. The molecule has 106 valence electrons. The molecule has 2 aromatic carbocycles. The summed E-state index contributed by atoms with van der Waals surface area (Å²) in [5, 5.41) is 0. The molecule has 0 saturated carbocycles. The molecule has 0 fully saturated rings. The number of hydrogen-bond donors (Lipinski definition) is 0. The van der Waals surface area contributed by atoms with Crippen molar-refractivity contribution < 1.29 is 4.42 Å². The molecule has 0 N–H and O–H groups in total. The molecule has 0 amide bonds. The highest BCUT2D eigenvalue weighted by atomic mass is 79.9. The van der Waals surface area contributed by atoms with Crippen LogP contribution in [-0.2, 0) is 5.75 Å². The van der Waals surface area contributed by atoms with E-state index in [-0.39, 0.29) is 0 Å². The smallest absolute Gasteiger partial charge is 0.226 e. The predicted molar refractivity (Wildman–Crippen MR) is 90.4 cm³/mol. The van der Waals surface area contributed by atoms with Crippen LogP contribution in [0.4, 0.5) is 0 Å². The number of thioether (sulfide) groups is 1. The zero-order chi connectivity index (χ0) is 14.7. The SMILES string of the molecule is Cc1oc(-c2ccccc2)nc1CSc1ccc(Br)cc1. The molecular formula is C17H14BrNOS. The second-order valence-corrected chi connectivity index (χ2v) is 6.59. The van der Waals surface area contributed by atoms with Gasteiger partial charge in [0, 0.05) is 20.7 Å². The maximum atomic E-state index is 5.78. The number of benzene rings is 2. The van der Waals surface area contributed by atoms with Gasteiger partial charge in [-0.05, 0) is 43.3 Å². The Kier molecular flexibility index (Phi) is 4.46. The summed E-state index contributed by atoms with van der Waals surface area (Å²) in [6.07, 6.45) is 0. The molecule has 0 bridgehead atoms. The molecule has 4 heteroatoms. The first-order valence-corrected chi connectivity index (χ1v) is 8.40. The number of hydrogen-bond acceptors (Lipinski definition) is 3. The summed E-state index contributed by atoms with van der Waals surface area (Å²) in [4.78, 5) is 5.84. The molecule has 21 heavy (non-hydrogen) atoms. The lowest BCUT2D eigenvalue weighted by atomic mass is 10.2. The van der Waals surface area contributed by atoms with Crippen molar-refractivity contribution in [3.63, 3.8) is 0 Å². The number of aryl methyl sites for hydroxylation is 1. The van der Waals surface area contributed by atoms with Crippen LogP contribution in [0.2, 0.25) is 0 Å². The van der Waals surface area contributed by atoms with Gasteiger partial charge in [-0.25, -0.2) is 4.98 Å². The third-order valence-electron chi connectivity index (χ3n) is 3.10. The lowest BCUT2D eigenvalue weighted by molar-refractivity contribution is 0.540. The minimum absolute atomic E-state index is 0.694. The van der Waals surface area contributed by atoms with Crippen LogP contribution in [0.25, 0.3) is 11.5 Å². The minimum atomic E-state index is 0.694. The highest BCUT2D eigenvalue weighted by molar-refractivity contribution is 9.10. The predicted octanol–water partition coefficient (Wildman–Crippen LogP) is 5.70. The van der Waals surface area contributed by atoms with Gasteiger partial charge in [-0.15, -0.1) is 11.8 Å². The quantitative estimate of drug-likeness (QED) is 0.558. The molecule has 2 nitrogen and oxygen atoms in total. The van der Waals surface area contributed by atoms with E-state index in [9.17, 15) is 0 Å². The Balaban J connectivity index is 1.74. The molecule has 0 radical (unpaired) electrons. The van der Waals surface area contributed by atoms with Gasteiger partial charge in [0.15, 0.2) is 0 Å². The molecule has 0 atom stereocenters. The first-order valence-electron chi connectivity index (χ1n) is 6.62. The second-order valence-electron chi connectivity index (χ2n) is 4.63. The monoisotopic (exact) mass is 359 g/mol. The molecule has 0 saturated heterocycles. The van der Waals surface area contributed by atoms with Gasteiger partial charge in [0.1, 0.15) is 5.76 Å². The molecule has 0 aliphatic carbocycles. The van der Waals surface area contributed by atoms with Gasteiger partial charge < -0.3 is 4.42 Å². The standard InChI is InChI=1S/C17H14BrNOS/c1-12-16(11-21-15-9-7-14(18)8-10-15)19-17(20-12)13-5-3-2-4-6-13/h2-10H,11H2,1H3. The van der Waals surface area contributed by atoms with Crippen LogP contribution < -0.4 is 0 Å². The van der Waals surface area contributed by atoms with Crippen molar-refractivity contribution in [2.75, 3.05) is 0 Å². The van der Waals surface area contributed by atoms with Crippen LogP contribution in [0.3, 0.4) is 0 Å². The van der Waals surface area contributed by atoms with Crippen molar-refractivity contribution >= 4 is 27.7 Å². The Labute approximate surface area is 136 Å². The fourth-order valence-corrected chi connectivity index (χ4v) is 3.11. The van der Waals surface area contributed by atoms with Crippen molar-refractivity contribution in [2.45, 2.75) is 17.6 Å². The van der Waals surface area contributed by atoms with E-state index in [4.69, 9.17) is 4.42 Å². The van der Waals surface area contributed by atoms with Gasteiger partial charge in [0.05, 0.1) is 5.69 Å². The number of aromatic nitrogens is 1. The van der Waals surface area contributed by atoms with E-state index in [1.807, 2.05) is 49.4 Å². The highest BCUT2D eigenvalue weighted by Crippen LogP contribution is 2.28. The van der Waals surface area contributed by atoms with Crippen LogP contribution in [0.1, 0.15) is 11.5 Å². The molecule has 1 aromatic heterocycles. The summed E-state index contributed by atoms with van der Waals surface area (Å²) < 4.78 is 6.87. The summed E-state index contributed by atoms with van der Waals surface area (Å²) >= 11 is 5.21. The van der Waals surface area contributed by atoms with Crippen LogP contribution >= 0.6 is 27.7 Å². The van der Waals surface area contributed by atoms with Gasteiger partial charge >= 0.3 is 0 Å². The second kappa shape index (κ2) is 6.50. The van der Waals surface area contributed by atoms with Gasteiger partial charge in [-0.2, -0.15) is 0 Å². The minimum Gasteiger partial charge on any atom is -0.441 e. The van der Waals surface area contributed by atoms with Crippen LogP contribution in [0.15, 0.2) is 68.4 Å². The topological polar surface area (TPSA) is 26.0 Å². The van der Waals surface area contributed by atoms with E-state index < -0.39 is 0 Å². The van der Waals surface area contributed by atoms with Crippen molar-refractivity contribution in [2.24, 2.45) is 0 Å². The van der Waals surface area contributed by atoms with Crippen molar-refractivity contribution in [1.82, 2.24) is 4.98 Å². The molecule has 0 unspecified atom stereocenters. The maximum Gasteiger partial charge on any atom is 0.226 e. The Morgan fingerprint density at radius 1 is 1.05 bits per heavy atom. The first-order chi connectivity index (χ1) is 10.2. The first kappa shape index (κ1) is 14.4. The Morgan fingerprint density at radius 3 is 2.48 bits per heavy atom. The molecule has 3 aromatic rings. The van der Waals surface area contributed by atoms with Crippen LogP contribution in [0, 0.1) is 6.92 Å². The van der Waals surface area contributed by atoms with E-state index in [0.717, 1.165) is 27.2 Å². The number of oxazole rings is 1. The van der Waals surface area contributed by atoms with E-state index in [0.29, 0.717) is 5.89 Å². The summed E-state index contributed by atoms with van der Waals surface area (Å²) in [6.45, 7) is 1.97. The lowest BCUT2D eigenvalue weighted by Gasteiger charge is -1.99. The number of nitrogens with zero attached hydrogens (tertiary/aromatic N) is 1. The Bertz CT molecular complexity index is 722. The van der Waals surface area contributed by atoms with Gasteiger partial charge in [0.25, 0.3) is 0 Å². The maximum absolute atomic E-state index is 5.78. The lowest BCUT2D eigenvalue weighted by Crippen LogP contribution is -1.84. The Morgan fingerprint density at radius 2 is 1.76 bits per heavy atom. The van der Waals surface area contributed by atoms with Gasteiger partial charge in [0.2, 0.25) is 5.89 Å². The molecule has 0 aliphatic rings. The number of rotatable bonds is 4. The van der Waals surface area contributed by atoms with E-state index >= 15 is 0 Å². The fraction of sp³-hybridized carbons (Fsp3) is 0.118. The summed E-state index contributed by atoms with van der Waals surface area (Å²) in [7, 11) is 0. The molecule has 1 heterocycles. The van der Waals surface area contributed by atoms with E-state index in [1.165, 1.54) is 4.90 Å². The van der Waals surface area contributed by atoms with Crippen LogP contribution in [-0.4, -0.2) is 4.98 Å². The van der Waals surface area contributed by atoms with E-state index in [2.05, 4.69) is 33.0 Å². The molecule has 0 aliphatic heterocycles. The zero-order valence-corrected chi connectivity index (χ0v) is 13.9. The van der Waals surface area contributed by atoms with Gasteiger partial charge in [-0.1, -0.05) is 34.1 Å². The van der Waals surface area contributed by atoms with E-state index in [1.54, 1.807) is 11.8 Å². The van der Waals surface area contributed by atoms with Crippen molar-refractivity contribution in [1.29, 1.82) is 0 Å². The van der Waals surface area contributed by atoms with Gasteiger partial charge in [-0.3, -0.25) is 0 Å². The summed E-state index contributed by atoms with van der Waals surface area (Å²) in [5.41, 5.74) is 2.02. The molecule has 0 spiro atoms. The summed E-state index contributed by atoms with van der Waals surface area (Å²) in [5.74, 6) is 2.39. The zero-order valence-electron chi connectivity index (χ0n) is 11.5. The van der Waals surface area contributed by atoms with Crippen molar-refractivity contribution in [3.8, 4) is 11.5 Å². The molecule has 3 rings (SSSR count). The summed E-state index contributed by atoms with van der Waals surface area (Å²) in [6, 6.07) is 18.3. The average molecular weight is 360 g/mol. The van der Waals surface area contributed by atoms with Crippen LogP contribution in [0.5, 0.6) is 0 Å². The number of halogens is 1. The largest absolute Gasteiger partial charge is 0.441 e. The highest BCUT2D eigenvalue weighted by Gasteiger charge is 2.11. The fourth-order valence-electron chi connectivity index (χ4n) is 1.95. The normalized spacial score (nSPS) is 10.8. The third-order valence-corrected chi connectivity index (χ3v) is 4.65.